The Morgan fingerprint density at radius 3 is 2.43 bits per heavy atom. The highest BCUT2D eigenvalue weighted by atomic mass is 32.2. The fourth-order valence-corrected chi connectivity index (χ4v) is 5.07. The molecule has 6 nitrogen and oxygen atoms in total. The molecular weight excluding hydrogens is 398 g/mol. The Labute approximate surface area is 177 Å². The summed E-state index contributed by atoms with van der Waals surface area (Å²) in [6.45, 7) is 5.00. The third-order valence-corrected chi connectivity index (χ3v) is 6.88. The smallest absolute Gasteiger partial charge is 0.263 e. The minimum absolute atomic E-state index is 0.0678. The lowest BCUT2D eigenvalue weighted by atomic mass is 9.97. The van der Waals surface area contributed by atoms with E-state index in [1.165, 1.54) is 11.1 Å². The van der Waals surface area contributed by atoms with Crippen molar-refractivity contribution in [3.05, 3.63) is 71.8 Å². The van der Waals surface area contributed by atoms with Gasteiger partial charge >= 0.3 is 0 Å². The van der Waals surface area contributed by atoms with Gasteiger partial charge < -0.3 is 4.90 Å². The molecule has 4 rings (SSSR count). The molecule has 0 spiro atoms. The summed E-state index contributed by atoms with van der Waals surface area (Å²) in [7, 11) is -3.63. The van der Waals surface area contributed by atoms with E-state index in [0.717, 1.165) is 6.42 Å². The van der Waals surface area contributed by atoms with Gasteiger partial charge in [0.25, 0.3) is 10.0 Å². The van der Waals surface area contributed by atoms with Gasteiger partial charge in [-0.3, -0.25) is 14.5 Å². The van der Waals surface area contributed by atoms with Crippen molar-refractivity contribution in [2.24, 2.45) is 10.9 Å². The second kappa shape index (κ2) is 8.07. The van der Waals surface area contributed by atoms with Crippen LogP contribution in [0.3, 0.4) is 0 Å². The van der Waals surface area contributed by atoms with Gasteiger partial charge in [0, 0.05) is 18.7 Å². The minimum atomic E-state index is -3.63. The Kier molecular flexibility index (Phi) is 5.47. The molecule has 0 bridgehead atoms. The molecule has 0 aliphatic carbocycles. The van der Waals surface area contributed by atoms with Crippen molar-refractivity contribution in [3.8, 4) is 0 Å². The summed E-state index contributed by atoms with van der Waals surface area (Å²) >= 11 is 0. The van der Waals surface area contributed by atoms with Crippen LogP contribution in [-0.2, 0) is 14.8 Å². The van der Waals surface area contributed by atoms with Gasteiger partial charge in [-0.05, 0) is 35.6 Å². The number of nitrogens with zero attached hydrogens (tertiary/aromatic N) is 2. The van der Waals surface area contributed by atoms with Gasteiger partial charge in [0.2, 0.25) is 5.91 Å². The number of amidine groups is 1. The van der Waals surface area contributed by atoms with E-state index in [0.29, 0.717) is 18.7 Å². The summed E-state index contributed by atoms with van der Waals surface area (Å²) in [4.78, 5) is 19.8. The summed E-state index contributed by atoms with van der Waals surface area (Å²) in [5.74, 6) is 0.0985. The molecule has 2 aromatic rings. The molecule has 1 N–H and O–H groups in total. The molecule has 156 valence electrons. The minimum Gasteiger partial charge on any atom is -0.337 e. The Bertz CT molecular complexity index is 1120. The number of fused-ring (bicyclic) bond motifs is 1. The lowest BCUT2D eigenvalue weighted by Gasteiger charge is -2.30. The summed E-state index contributed by atoms with van der Waals surface area (Å²) in [6.07, 6.45) is 2.88. The first kappa shape index (κ1) is 20.3. The van der Waals surface area contributed by atoms with Crippen molar-refractivity contribution in [1.82, 2.24) is 9.62 Å². The van der Waals surface area contributed by atoms with Gasteiger partial charge in [-0.2, -0.15) is 0 Å². The highest BCUT2D eigenvalue weighted by Crippen LogP contribution is 2.26. The van der Waals surface area contributed by atoms with E-state index in [-0.39, 0.29) is 22.6 Å². The Morgan fingerprint density at radius 2 is 1.77 bits per heavy atom. The fraction of sp³-hybridized carbons (Fsp3) is 0.304. The second-order valence-electron chi connectivity index (χ2n) is 7.90. The monoisotopic (exact) mass is 423 g/mol. The number of benzene rings is 2. The van der Waals surface area contributed by atoms with Crippen molar-refractivity contribution < 1.29 is 13.2 Å². The van der Waals surface area contributed by atoms with Gasteiger partial charge in [0.1, 0.15) is 11.9 Å². The second-order valence-corrected chi connectivity index (χ2v) is 9.55. The topological polar surface area (TPSA) is 78.8 Å². The van der Waals surface area contributed by atoms with Crippen molar-refractivity contribution >= 4 is 27.3 Å². The number of hydrogen-bond acceptors (Lipinski definition) is 4. The van der Waals surface area contributed by atoms with E-state index in [1.54, 1.807) is 29.2 Å². The molecule has 7 heteroatoms. The number of amides is 1. The maximum Gasteiger partial charge on any atom is 0.263 e. The number of sulfonamides is 1. The van der Waals surface area contributed by atoms with Gasteiger partial charge in [0.05, 0.1) is 4.90 Å². The zero-order chi connectivity index (χ0) is 21.3. The molecule has 1 atom stereocenters. The van der Waals surface area contributed by atoms with Crippen LogP contribution in [0.5, 0.6) is 0 Å². The first-order valence-corrected chi connectivity index (χ1v) is 11.6. The number of aliphatic imine (C=N–C) groups is 1. The predicted octanol–water partition coefficient (Wildman–Crippen LogP) is 3.07. The van der Waals surface area contributed by atoms with Crippen LogP contribution in [0, 0.1) is 5.92 Å². The molecule has 0 saturated heterocycles. The molecule has 2 aromatic carbocycles. The van der Waals surface area contributed by atoms with E-state index >= 15 is 0 Å². The van der Waals surface area contributed by atoms with Crippen LogP contribution in [0.15, 0.2) is 70.6 Å². The molecule has 0 aromatic heterocycles. The maximum absolute atomic E-state index is 13.3. The molecule has 30 heavy (non-hydrogen) atoms. The Morgan fingerprint density at radius 1 is 1.07 bits per heavy atom. The fourth-order valence-electron chi connectivity index (χ4n) is 3.83. The largest absolute Gasteiger partial charge is 0.337 e. The van der Waals surface area contributed by atoms with Gasteiger partial charge in [-0.15, -0.1) is 0 Å². The molecular formula is C23H25N3O3S. The third kappa shape index (κ3) is 3.89. The highest BCUT2D eigenvalue weighted by Gasteiger charge is 2.34. The summed E-state index contributed by atoms with van der Waals surface area (Å²) in [6, 6.07) is 16.2. The first-order chi connectivity index (χ1) is 14.4. The average molecular weight is 424 g/mol. The zero-order valence-corrected chi connectivity index (χ0v) is 17.9. The molecule has 1 unspecified atom stereocenters. The van der Waals surface area contributed by atoms with Crippen molar-refractivity contribution in [3.63, 3.8) is 0 Å². The average Bonchev–Trinajstić information content (AvgIpc) is 3.02. The van der Waals surface area contributed by atoms with Crippen LogP contribution in [0.4, 0.5) is 0 Å². The van der Waals surface area contributed by atoms with E-state index < -0.39 is 16.1 Å². The number of carbonyl (C=O) groups is 1. The first-order valence-electron chi connectivity index (χ1n) is 10.1. The molecule has 1 amide bonds. The molecule has 0 fully saturated rings. The van der Waals surface area contributed by atoms with Gasteiger partial charge in [0.15, 0.2) is 0 Å². The highest BCUT2D eigenvalue weighted by molar-refractivity contribution is 7.90. The van der Waals surface area contributed by atoms with Crippen LogP contribution in [0.25, 0.3) is 5.57 Å². The van der Waals surface area contributed by atoms with Gasteiger partial charge in [-0.25, -0.2) is 8.42 Å². The normalized spacial score (nSPS) is 19.9. The Hall–Kier alpha value is -2.93. The summed E-state index contributed by atoms with van der Waals surface area (Å²) in [5, 5.41) is 0. The number of hydrogen-bond donors (Lipinski definition) is 1. The quantitative estimate of drug-likeness (QED) is 0.821. The molecule has 0 radical (unpaired) electrons. The number of rotatable bonds is 4. The SMILES string of the molecule is CC(C)C(N=C1NS(=O)(=O)c2ccccc21)C(=O)N1CC=C(c2ccccc2)CC1. The lowest BCUT2D eigenvalue weighted by Crippen LogP contribution is -2.43. The molecule has 0 saturated carbocycles. The van der Waals surface area contributed by atoms with Crippen molar-refractivity contribution in [1.29, 1.82) is 0 Å². The molecule has 2 heterocycles. The van der Waals surface area contributed by atoms with Crippen LogP contribution >= 0.6 is 0 Å². The Balaban J connectivity index is 1.57. The zero-order valence-electron chi connectivity index (χ0n) is 17.1. The van der Waals surface area contributed by atoms with E-state index in [9.17, 15) is 13.2 Å². The van der Waals surface area contributed by atoms with E-state index in [1.807, 2.05) is 32.0 Å². The maximum atomic E-state index is 13.3. The number of nitrogens with one attached hydrogen (secondary N) is 1. The van der Waals surface area contributed by atoms with Crippen LogP contribution in [-0.4, -0.2) is 44.2 Å². The van der Waals surface area contributed by atoms with Crippen LogP contribution in [0.1, 0.15) is 31.4 Å². The third-order valence-electron chi connectivity index (χ3n) is 5.48. The van der Waals surface area contributed by atoms with Crippen molar-refractivity contribution in [2.45, 2.75) is 31.2 Å². The summed E-state index contributed by atoms with van der Waals surface area (Å²) < 4.78 is 27.2. The standard InChI is InChI=1S/C23H25N3O3S/c1-16(2)21(24-22-19-10-6-7-11-20(19)30(28,29)25-22)23(27)26-14-12-18(13-15-26)17-8-4-3-5-9-17/h3-12,16,21H,13-15H2,1-2H3,(H,24,25). The van der Waals surface area contributed by atoms with Crippen LogP contribution in [0.2, 0.25) is 0 Å². The van der Waals surface area contributed by atoms with Gasteiger partial charge in [-0.1, -0.05) is 62.4 Å². The molecule has 2 aliphatic rings. The molecule has 2 aliphatic heterocycles. The lowest BCUT2D eigenvalue weighted by molar-refractivity contribution is -0.133. The predicted molar refractivity (Wildman–Crippen MR) is 118 cm³/mol. The van der Waals surface area contributed by atoms with E-state index in [4.69, 9.17) is 0 Å². The van der Waals surface area contributed by atoms with E-state index in [2.05, 4.69) is 27.9 Å². The van der Waals surface area contributed by atoms with Crippen LogP contribution < -0.4 is 4.72 Å². The number of carbonyl (C=O) groups excluding carboxylic acids is 1. The van der Waals surface area contributed by atoms with Crippen molar-refractivity contribution in [2.75, 3.05) is 13.1 Å². The summed E-state index contributed by atoms with van der Waals surface area (Å²) in [5.41, 5.74) is 2.94.